The summed E-state index contributed by atoms with van der Waals surface area (Å²) in [6.45, 7) is 4.16. The summed E-state index contributed by atoms with van der Waals surface area (Å²) in [4.78, 5) is 37.9. The number of carbonyl (C=O) groups excluding carboxylic acids is 3. The molecule has 3 atom stereocenters. The summed E-state index contributed by atoms with van der Waals surface area (Å²) in [5.74, 6) is -0.507. The van der Waals surface area contributed by atoms with Crippen LogP contribution in [0.2, 0.25) is 0 Å². The molecule has 1 heterocycles. The van der Waals surface area contributed by atoms with E-state index in [1.54, 1.807) is 0 Å². The SMILES string of the molecule is CC[C@@H](C)C(=O)N[C@H](C(=O)N1CCC[C@H]1C(=O)F)C1CCCCC1. The molecule has 5 nitrogen and oxygen atoms in total. The number of rotatable bonds is 6. The topological polar surface area (TPSA) is 66.5 Å². The Morgan fingerprint density at radius 1 is 1.12 bits per heavy atom. The van der Waals surface area contributed by atoms with Crippen LogP contribution in [0, 0.1) is 11.8 Å². The highest BCUT2D eigenvalue weighted by Gasteiger charge is 2.40. The van der Waals surface area contributed by atoms with Gasteiger partial charge in [0.1, 0.15) is 12.1 Å². The number of amides is 2. The van der Waals surface area contributed by atoms with Crippen molar-refractivity contribution in [1.82, 2.24) is 10.2 Å². The van der Waals surface area contributed by atoms with E-state index in [1.807, 2.05) is 13.8 Å². The summed E-state index contributed by atoms with van der Waals surface area (Å²) in [6.07, 6.45) is 6.70. The lowest BCUT2D eigenvalue weighted by molar-refractivity contribution is -0.146. The Morgan fingerprint density at radius 2 is 1.79 bits per heavy atom. The average Bonchev–Trinajstić information content (AvgIpc) is 3.09. The minimum atomic E-state index is -1.45. The van der Waals surface area contributed by atoms with Crippen molar-refractivity contribution in [1.29, 1.82) is 0 Å². The van der Waals surface area contributed by atoms with Gasteiger partial charge < -0.3 is 10.2 Å². The van der Waals surface area contributed by atoms with Gasteiger partial charge in [-0.25, -0.2) is 0 Å². The minimum absolute atomic E-state index is 0.0789. The predicted octanol–water partition coefficient (Wildman–Crippen LogP) is 2.58. The number of nitrogens with one attached hydrogen (secondary N) is 1. The van der Waals surface area contributed by atoms with Gasteiger partial charge in [0.2, 0.25) is 11.8 Å². The summed E-state index contributed by atoms with van der Waals surface area (Å²) in [5.41, 5.74) is 0. The lowest BCUT2D eigenvalue weighted by Gasteiger charge is -2.34. The van der Waals surface area contributed by atoms with Gasteiger partial charge in [0, 0.05) is 12.5 Å². The van der Waals surface area contributed by atoms with Crippen LogP contribution in [-0.4, -0.2) is 41.4 Å². The van der Waals surface area contributed by atoms with Crippen LogP contribution in [0.1, 0.15) is 65.2 Å². The second kappa shape index (κ2) is 8.58. The monoisotopic (exact) mass is 340 g/mol. The van der Waals surface area contributed by atoms with Gasteiger partial charge in [-0.05, 0) is 38.0 Å². The molecule has 0 spiro atoms. The smallest absolute Gasteiger partial charge is 0.323 e. The Kier molecular flexibility index (Phi) is 6.75. The first-order chi connectivity index (χ1) is 11.5. The van der Waals surface area contributed by atoms with Crippen LogP contribution in [0.15, 0.2) is 0 Å². The van der Waals surface area contributed by atoms with Crippen LogP contribution in [0.3, 0.4) is 0 Å². The lowest BCUT2D eigenvalue weighted by atomic mass is 9.83. The highest BCUT2D eigenvalue weighted by atomic mass is 19.1. The zero-order valence-corrected chi connectivity index (χ0v) is 14.7. The molecule has 0 unspecified atom stereocenters. The van der Waals surface area contributed by atoms with E-state index in [2.05, 4.69) is 5.32 Å². The second-order valence-corrected chi connectivity index (χ2v) is 7.19. The number of nitrogens with zero attached hydrogens (tertiary/aromatic N) is 1. The number of halogens is 1. The van der Waals surface area contributed by atoms with Crippen LogP contribution < -0.4 is 5.32 Å². The molecule has 0 aromatic heterocycles. The Balaban J connectivity index is 2.15. The molecule has 1 aliphatic carbocycles. The summed E-state index contributed by atoms with van der Waals surface area (Å²) >= 11 is 0. The van der Waals surface area contributed by atoms with Crippen molar-refractivity contribution in [2.45, 2.75) is 77.3 Å². The molecule has 0 aromatic rings. The molecule has 0 bridgehead atoms. The molecule has 2 amide bonds. The molecule has 24 heavy (non-hydrogen) atoms. The molecule has 2 aliphatic rings. The first-order valence-electron chi connectivity index (χ1n) is 9.25. The molecule has 6 heteroatoms. The maximum absolute atomic E-state index is 13.2. The van der Waals surface area contributed by atoms with Gasteiger partial charge in [0.15, 0.2) is 0 Å². The summed E-state index contributed by atoms with van der Waals surface area (Å²) in [7, 11) is 0. The van der Waals surface area contributed by atoms with Crippen LogP contribution in [-0.2, 0) is 14.4 Å². The van der Waals surface area contributed by atoms with Gasteiger partial charge in [0.25, 0.3) is 0 Å². The second-order valence-electron chi connectivity index (χ2n) is 7.19. The quantitative estimate of drug-likeness (QED) is 0.756. The Labute approximate surface area is 143 Å². The van der Waals surface area contributed by atoms with E-state index in [9.17, 15) is 18.8 Å². The highest BCUT2D eigenvalue weighted by molar-refractivity contribution is 5.91. The van der Waals surface area contributed by atoms with Gasteiger partial charge in [0.05, 0.1) is 0 Å². The maximum atomic E-state index is 13.2. The molecule has 0 radical (unpaired) electrons. The van der Waals surface area contributed by atoms with Gasteiger partial charge in [-0.2, -0.15) is 4.39 Å². The van der Waals surface area contributed by atoms with E-state index in [-0.39, 0.29) is 23.7 Å². The van der Waals surface area contributed by atoms with E-state index in [0.717, 1.165) is 32.1 Å². The fraction of sp³-hybridized carbons (Fsp3) is 0.833. The number of hydrogen-bond acceptors (Lipinski definition) is 3. The first kappa shape index (κ1) is 18.9. The lowest BCUT2D eigenvalue weighted by Crippen LogP contribution is -2.55. The maximum Gasteiger partial charge on any atom is 0.323 e. The third-order valence-electron chi connectivity index (χ3n) is 5.54. The zero-order chi connectivity index (χ0) is 17.7. The van der Waals surface area contributed by atoms with Crippen molar-refractivity contribution < 1.29 is 18.8 Å². The van der Waals surface area contributed by atoms with Gasteiger partial charge >= 0.3 is 6.04 Å². The summed E-state index contributed by atoms with van der Waals surface area (Å²) in [6, 6.07) is -3.05. The standard InChI is InChI=1S/C18H29FN2O3/c1-3-12(2)17(23)20-15(13-8-5-4-6-9-13)18(24)21-11-7-10-14(21)16(19)22/h12-15H,3-11H2,1-2H3,(H,20,23)/t12-,14+,15+/m1/s1. The zero-order valence-electron chi connectivity index (χ0n) is 14.7. The molecule has 2 rings (SSSR count). The Morgan fingerprint density at radius 3 is 2.38 bits per heavy atom. The van der Waals surface area contributed by atoms with Crippen LogP contribution >= 0.6 is 0 Å². The van der Waals surface area contributed by atoms with E-state index >= 15 is 0 Å². The molecule has 1 saturated carbocycles. The predicted molar refractivity (Wildman–Crippen MR) is 88.8 cm³/mol. The van der Waals surface area contributed by atoms with E-state index in [0.29, 0.717) is 25.8 Å². The van der Waals surface area contributed by atoms with Gasteiger partial charge in [-0.15, -0.1) is 0 Å². The molecular formula is C18H29FN2O3. The third kappa shape index (κ3) is 4.33. The number of likely N-dealkylation sites (tertiary alicyclic amines) is 1. The van der Waals surface area contributed by atoms with Crippen molar-refractivity contribution in [2.75, 3.05) is 6.54 Å². The fourth-order valence-electron chi connectivity index (χ4n) is 3.77. The molecule has 1 aliphatic heterocycles. The Bertz CT molecular complexity index is 477. The van der Waals surface area contributed by atoms with Crippen molar-refractivity contribution in [3.63, 3.8) is 0 Å². The normalized spacial score (nSPS) is 24.5. The van der Waals surface area contributed by atoms with Crippen molar-refractivity contribution in [2.24, 2.45) is 11.8 Å². The van der Waals surface area contributed by atoms with Crippen LogP contribution in [0.25, 0.3) is 0 Å². The average molecular weight is 340 g/mol. The summed E-state index contributed by atoms with van der Waals surface area (Å²) < 4.78 is 13.2. The third-order valence-corrected chi connectivity index (χ3v) is 5.54. The van der Waals surface area contributed by atoms with Gasteiger partial charge in [-0.3, -0.25) is 14.4 Å². The van der Waals surface area contributed by atoms with E-state index in [4.69, 9.17) is 0 Å². The van der Waals surface area contributed by atoms with Crippen LogP contribution in [0.5, 0.6) is 0 Å². The van der Waals surface area contributed by atoms with Crippen molar-refractivity contribution >= 4 is 17.9 Å². The van der Waals surface area contributed by atoms with Crippen molar-refractivity contribution in [3.8, 4) is 0 Å². The minimum Gasteiger partial charge on any atom is -0.344 e. The van der Waals surface area contributed by atoms with E-state index < -0.39 is 18.1 Å². The molecule has 136 valence electrons. The molecule has 2 fully saturated rings. The molecular weight excluding hydrogens is 311 g/mol. The first-order valence-corrected chi connectivity index (χ1v) is 9.25. The van der Waals surface area contributed by atoms with Crippen molar-refractivity contribution in [3.05, 3.63) is 0 Å². The Hall–Kier alpha value is -1.46. The van der Waals surface area contributed by atoms with Gasteiger partial charge in [-0.1, -0.05) is 33.1 Å². The van der Waals surface area contributed by atoms with E-state index in [1.165, 1.54) is 4.90 Å². The number of carbonyl (C=O) groups is 3. The highest BCUT2D eigenvalue weighted by Crippen LogP contribution is 2.29. The molecule has 1 saturated heterocycles. The van der Waals surface area contributed by atoms with Crippen LogP contribution in [0.4, 0.5) is 4.39 Å². The summed E-state index contributed by atoms with van der Waals surface area (Å²) in [5, 5.41) is 2.91. The largest absolute Gasteiger partial charge is 0.344 e. The molecule has 1 N–H and O–H groups in total. The molecule has 0 aromatic carbocycles. The number of hydrogen-bond donors (Lipinski definition) is 1. The fourth-order valence-corrected chi connectivity index (χ4v) is 3.77.